The molecule has 1 aromatic carbocycles. The van der Waals surface area contributed by atoms with Gasteiger partial charge in [0.05, 0.1) is 7.11 Å². The fraction of sp³-hybridized carbons (Fsp3) is 0.529. The van der Waals surface area contributed by atoms with E-state index in [-0.39, 0.29) is 12.6 Å². The molecule has 6 nitrogen and oxygen atoms in total. The topological polar surface area (TPSA) is 73.9 Å². The highest BCUT2D eigenvalue weighted by atomic mass is 16.6. The summed E-state index contributed by atoms with van der Waals surface area (Å²) in [5, 5.41) is 2.79. The van der Waals surface area contributed by atoms with Crippen molar-refractivity contribution in [1.82, 2.24) is 5.32 Å². The van der Waals surface area contributed by atoms with Crippen LogP contribution >= 0.6 is 0 Å². The summed E-state index contributed by atoms with van der Waals surface area (Å²) in [6.07, 6.45) is 0.235. The Morgan fingerprint density at radius 3 is 2.30 bits per heavy atom. The van der Waals surface area contributed by atoms with Crippen LogP contribution < -0.4 is 10.1 Å². The van der Waals surface area contributed by atoms with Gasteiger partial charge in [0.25, 0.3) is 0 Å². The zero-order valence-corrected chi connectivity index (χ0v) is 14.3. The van der Waals surface area contributed by atoms with E-state index in [9.17, 15) is 9.59 Å². The molecule has 128 valence electrons. The van der Waals surface area contributed by atoms with Gasteiger partial charge in [-0.3, -0.25) is 0 Å². The standard InChI is InChI=1S/C17H25NO5/c1-12(18-16(20)23-17(2,3)4)10-13-6-8-14(9-7-13)22-11-15(19)21-5/h6-9,12H,10-11H2,1-5H3,(H,18,20)/t12-/m1/s1. The molecule has 0 radical (unpaired) electrons. The van der Waals surface area contributed by atoms with Crippen molar-refractivity contribution in [2.75, 3.05) is 13.7 Å². The first-order valence-corrected chi connectivity index (χ1v) is 7.47. The fourth-order valence-electron chi connectivity index (χ4n) is 1.84. The smallest absolute Gasteiger partial charge is 0.407 e. The van der Waals surface area contributed by atoms with Gasteiger partial charge in [0.2, 0.25) is 0 Å². The summed E-state index contributed by atoms with van der Waals surface area (Å²) in [7, 11) is 1.31. The van der Waals surface area contributed by atoms with Crippen LogP contribution in [0.4, 0.5) is 4.79 Å². The molecule has 1 amide bonds. The summed E-state index contributed by atoms with van der Waals surface area (Å²) < 4.78 is 15.0. The molecule has 0 aliphatic heterocycles. The zero-order chi connectivity index (χ0) is 17.5. The van der Waals surface area contributed by atoms with Crippen molar-refractivity contribution in [2.24, 2.45) is 0 Å². The first-order valence-electron chi connectivity index (χ1n) is 7.47. The van der Waals surface area contributed by atoms with Crippen LogP contribution in [0.2, 0.25) is 0 Å². The van der Waals surface area contributed by atoms with Crippen LogP contribution in [-0.2, 0) is 20.7 Å². The van der Waals surface area contributed by atoms with Gasteiger partial charge in [0.15, 0.2) is 6.61 Å². The maximum atomic E-state index is 11.7. The summed E-state index contributed by atoms with van der Waals surface area (Å²) in [6, 6.07) is 7.27. The number of benzene rings is 1. The van der Waals surface area contributed by atoms with E-state index in [1.165, 1.54) is 7.11 Å². The Balaban J connectivity index is 2.45. The van der Waals surface area contributed by atoms with Crippen molar-refractivity contribution in [2.45, 2.75) is 45.8 Å². The average Bonchev–Trinajstić information content (AvgIpc) is 2.43. The van der Waals surface area contributed by atoms with Gasteiger partial charge in [-0.2, -0.15) is 0 Å². The number of hydrogen-bond acceptors (Lipinski definition) is 5. The van der Waals surface area contributed by atoms with E-state index in [1.807, 2.05) is 39.8 Å². The molecule has 0 aliphatic rings. The largest absolute Gasteiger partial charge is 0.482 e. The molecular weight excluding hydrogens is 298 g/mol. The summed E-state index contributed by atoms with van der Waals surface area (Å²) in [6.45, 7) is 7.26. The molecular formula is C17H25NO5. The monoisotopic (exact) mass is 323 g/mol. The zero-order valence-electron chi connectivity index (χ0n) is 14.3. The Kier molecular flexibility index (Phi) is 6.88. The van der Waals surface area contributed by atoms with Gasteiger partial charge in [-0.25, -0.2) is 9.59 Å². The molecule has 1 atom stereocenters. The van der Waals surface area contributed by atoms with Gasteiger partial charge in [-0.15, -0.1) is 0 Å². The lowest BCUT2D eigenvalue weighted by Gasteiger charge is -2.22. The predicted molar refractivity (Wildman–Crippen MR) is 86.5 cm³/mol. The van der Waals surface area contributed by atoms with Crippen LogP contribution in [0.25, 0.3) is 0 Å². The molecule has 1 N–H and O–H groups in total. The van der Waals surface area contributed by atoms with Crippen molar-refractivity contribution >= 4 is 12.1 Å². The van der Waals surface area contributed by atoms with Gasteiger partial charge in [-0.05, 0) is 51.8 Å². The van der Waals surface area contributed by atoms with Crippen LogP contribution in [0.5, 0.6) is 5.75 Å². The lowest BCUT2D eigenvalue weighted by Crippen LogP contribution is -2.38. The summed E-state index contributed by atoms with van der Waals surface area (Å²) in [4.78, 5) is 22.7. The maximum absolute atomic E-state index is 11.7. The highest BCUT2D eigenvalue weighted by molar-refractivity contribution is 5.70. The van der Waals surface area contributed by atoms with Crippen molar-refractivity contribution < 1.29 is 23.8 Å². The molecule has 0 spiro atoms. The third-order valence-electron chi connectivity index (χ3n) is 2.81. The molecule has 23 heavy (non-hydrogen) atoms. The van der Waals surface area contributed by atoms with E-state index in [4.69, 9.17) is 9.47 Å². The Morgan fingerprint density at radius 1 is 1.17 bits per heavy atom. The van der Waals surface area contributed by atoms with E-state index in [0.29, 0.717) is 12.2 Å². The lowest BCUT2D eigenvalue weighted by atomic mass is 10.1. The third-order valence-corrected chi connectivity index (χ3v) is 2.81. The van der Waals surface area contributed by atoms with Crippen LogP contribution in [0, 0.1) is 0 Å². The minimum atomic E-state index is -0.511. The van der Waals surface area contributed by atoms with E-state index in [2.05, 4.69) is 10.1 Å². The van der Waals surface area contributed by atoms with Crippen LogP contribution in [0.15, 0.2) is 24.3 Å². The number of esters is 1. The second-order valence-corrected chi connectivity index (χ2v) is 6.26. The highest BCUT2D eigenvalue weighted by Gasteiger charge is 2.17. The summed E-state index contributed by atoms with van der Waals surface area (Å²) >= 11 is 0. The number of nitrogens with one attached hydrogen (secondary N) is 1. The quantitative estimate of drug-likeness (QED) is 0.815. The minimum Gasteiger partial charge on any atom is -0.482 e. The molecule has 0 saturated carbocycles. The number of amides is 1. The molecule has 0 fully saturated rings. The molecule has 0 aromatic heterocycles. The Morgan fingerprint density at radius 2 is 1.78 bits per heavy atom. The van der Waals surface area contributed by atoms with Crippen LogP contribution in [-0.4, -0.2) is 37.4 Å². The Bertz CT molecular complexity index is 519. The van der Waals surface area contributed by atoms with Crippen LogP contribution in [0.3, 0.4) is 0 Å². The molecule has 1 aromatic rings. The van der Waals surface area contributed by atoms with E-state index >= 15 is 0 Å². The first kappa shape index (κ1) is 18.8. The SMILES string of the molecule is COC(=O)COc1ccc(C[C@@H](C)NC(=O)OC(C)(C)C)cc1. The number of ether oxygens (including phenoxy) is 3. The van der Waals surface area contributed by atoms with Crippen molar-refractivity contribution in [3.63, 3.8) is 0 Å². The van der Waals surface area contributed by atoms with Gasteiger partial charge >= 0.3 is 12.1 Å². The van der Waals surface area contributed by atoms with E-state index in [0.717, 1.165) is 5.56 Å². The summed E-state index contributed by atoms with van der Waals surface area (Å²) in [5.41, 5.74) is 0.529. The number of rotatable bonds is 6. The molecule has 6 heteroatoms. The van der Waals surface area contributed by atoms with Crippen LogP contribution in [0.1, 0.15) is 33.3 Å². The first-order chi connectivity index (χ1) is 10.7. The van der Waals surface area contributed by atoms with Gasteiger partial charge < -0.3 is 19.5 Å². The molecule has 0 unspecified atom stereocenters. The molecule has 0 saturated heterocycles. The Hall–Kier alpha value is -2.24. The van der Waals surface area contributed by atoms with Crippen molar-refractivity contribution in [3.05, 3.63) is 29.8 Å². The predicted octanol–water partition coefficient (Wildman–Crippen LogP) is 2.69. The van der Waals surface area contributed by atoms with E-state index in [1.54, 1.807) is 12.1 Å². The number of hydrogen-bond donors (Lipinski definition) is 1. The van der Waals surface area contributed by atoms with Gasteiger partial charge in [0, 0.05) is 6.04 Å². The maximum Gasteiger partial charge on any atom is 0.407 e. The Labute approximate surface area is 137 Å². The fourth-order valence-corrected chi connectivity index (χ4v) is 1.84. The van der Waals surface area contributed by atoms with Crippen molar-refractivity contribution in [1.29, 1.82) is 0 Å². The van der Waals surface area contributed by atoms with Gasteiger partial charge in [-0.1, -0.05) is 12.1 Å². The molecule has 0 heterocycles. The molecule has 0 aliphatic carbocycles. The second-order valence-electron chi connectivity index (χ2n) is 6.26. The van der Waals surface area contributed by atoms with Gasteiger partial charge in [0.1, 0.15) is 11.4 Å². The van der Waals surface area contributed by atoms with Crippen molar-refractivity contribution in [3.8, 4) is 5.75 Å². The number of carbonyl (C=O) groups excluding carboxylic acids is 2. The normalized spacial score (nSPS) is 12.2. The second kappa shape index (κ2) is 8.41. The summed E-state index contributed by atoms with van der Waals surface area (Å²) in [5.74, 6) is 0.163. The third kappa shape index (κ3) is 8.09. The lowest BCUT2D eigenvalue weighted by molar-refractivity contribution is -0.142. The molecule has 0 bridgehead atoms. The number of alkyl carbamates (subject to hydrolysis) is 1. The number of carbonyl (C=O) groups is 2. The highest BCUT2D eigenvalue weighted by Crippen LogP contribution is 2.14. The molecule has 1 rings (SSSR count). The minimum absolute atomic E-state index is 0.0633. The van der Waals surface area contributed by atoms with E-state index < -0.39 is 17.7 Å². The number of methoxy groups -OCH3 is 1. The average molecular weight is 323 g/mol.